The maximum absolute atomic E-state index is 11.0. The number of rotatable bonds is 4. The second-order valence-corrected chi connectivity index (χ2v) is 2.96. The number of aromatic amines is 1. The van der Waals surface area contributed by atoms with E-state index in [2.05, 4.69) is 42.0 Å². The zero-order chi connectivity index (χ0) is 13.0. The highest BCUT2D eigenvalue weighted by molar-refractivity contribution is 5.76. The fourth-order valence-electron chi connectivity index (χ4n) is 1.06. The smallest absolute Gasteiger partial charge is 0.301 e. The average molecular weight is 252 g/mol. The highest BCUT2D eigenvalue weighted by atomic mass is 16.2. The molecular weight excluding hydrogens is 244 g/mol. The summed E-state index contributed by atoms with van der Waals surface area (Å²) in [4.78, 5) is 24.3. The molecule has 94 valence electrons. The summed E-state index contributed by atoms with van der Waals surface area (Å²) >= 11 is 0. The number of carbonyl (C=O) groups excluding carboxylic acids is 1. The van der Waals surface area contributed by atoms with Gasteiger partial charge in [0.1, 0.15) is 12.0 Å². The van der Waals surface area contributed by atoms with Gasteiger partial charge in [-0.25, -0.2) is 4.79 Å². The Kier molecular flexibility index (Phi) is 3.00. The van der Waals surface area contributed by atoms with Crippen LogP contribution in [0, 0.1) is 5.53 Å². The molecule has 2 heterocycles. The van der Waals surface area contributed by atoms with E-state index in [-0.39, 0.29) is 11.8 Å². The van der Waals surface area contributed by atoms with Gasteiger partial charge in [-0.3, -0.25) is 25.9 Å². The Morgan fingerprint density at radius 3 is 2.94 bits per heavy atom. The monoisotopic (exact) mass is 252 g/mol. The highest BCUT2D eigenvalue weighted by Crippen LogP contribution is 2.00. The first kappa shape index (κ1) is 11.3. The SMILES string of the molecule is N=NN(NC1=CNNC(=O)N1)c1nncc(=O)[nH]1. The van der Waals surface area contributed by atoms with E-state index in [4.69, 9.17) is 5.53 Å². The van der Waals surface area contributed by atoms with E-state index in [1.807, 2.05) is 0 Å². The van der Waals surface area contributed by atoms with Crippen LogP contribution >= 0.6 is 0 Å². The number of anilines is 1. The molecule has 2 rings (SSSR count). The molecule has 0 saturated carbocycles. The maximum Gasteiger partial charge on any atom is 0.339 e. The first-order valence-electron chi connectivity index (χ1n) is 4.58. The first-order valence-corrected chi connectivity index (χ1v) is 4.58. The van der Waals surface area contributed by atoms with Gasteiger partial charge in [0.25, 0.3) is 11.5 Å². The van der Waals surface area contributed by atoms with Crippen LogP contribution in [-0.2, 0) is 0 Å². The molecule has 2 amide bonds. The van der Waals surface area contributed by atoms with Crippen LogP contribution < -0.4 is 32.3 Å². The molecule has 1 aliphatic heterocycles. The largest absolute Gasteiger partial charge is 0.339 e. The minimum atomic E-state index is -0.503. The van der Waals surface area contributed by atoms with Crippen molar-refractivity contribution in [1.29, 1.82) is 5.53 Å². The molecule has 0 fully saturated rings. The number of hydrogen-bond acceptors (Lipinski definition) is 8. The van der Waals surface area contributed by atoms with Gasteiger partial charge in [-0.1, -0.05) is 5.22 Å². The number of urea groups is 1. The van der Waals surface area contributed by atoms with E-state index in [0.717, 1.165) is 11.3 Å². The number of hydrogen-bond donors (Lipinski definition) is 6. The molecule has 0 spiro atoms. The van der Waals surface area contributed by atoms with E-state index in [0.29, 0.717) is 0 Å². The summed E-state index contributed by atoms with van der Waals surface area (Å²) in [7, 11) is 0. The van der Waals surface area contributed by atoms with Crippen LogP contribution in [0.1, 0.15) is 0 Å². The van der Waals surface area contributed by atoms with E-state index in [1.54, 1.807) is 0 Å². The predicted octanol–water partition coefficient (Wildman–Crippen LogP) is -1.96. The quantitative estimate of drug-likeness (QED) is 0.267. The Labute approximate surface area is 98.9 Å². The number of nitrogens with one attached hydrogen (secondary N) is 6. The highest BCUT2D eigenvalue weighted by Gasteiger charge is 2.14. The topological polar surface area (TPSA) is 163 Å². The summed E-state index contributed by atoms with van der Waals surface area (Å²) in [5.41, 5.74) is 13.7. The summed E-state index contributed by atoms with van der Waals surface area (Å²) in [6.45, 7) is 0. The third-order valence-electron chi connectivity index (χ3n) is 1.74. The van der Waals surface area contributed by atoms with Gasteiger partial charge >= 0.3 is 6.03 Å². The van der Waals surface area contributed by atoms with Gasteiger partial charge in [0, 0.05) is 0 Å². The zero-order valence-electron chi connectivity index (χ0n) is 8.76. The number of H-pyrrole nitrogens is 1. The summed E-state index contributed by atoms with van der Waals surface area (Å²) in [6, 6.07) is -0.502. The lowest BCUT2D eigenvalue weighted by atomic mass is 10.7. The van der Waals surface area contributed by atoms with Gasteiger partial charge in [-0.2, -0.15) is 5.53 Å². The summed E-state index contributed by atoms with van der Waals surface area (Å²) in [5.74, 6) is 0.0902. The van der Waals surface area contributed by atoms with Crippen LogP contribution in [0.15, 0.2) is 28.2 Å². The lowest BCUT2D eigenvalue weighted by molar-refractivity contribution is 0.237. The van der Waals surface area contributed by atoms with Crippen LogP contribution in [0.2, 0.25) is 0 Å². The standard InChI is InChI=1S/C6H8N10O2/c7-15-16(5-11-4(17)2-9-12-5)14-3-1-8-13-6(18)10-3/h1-2,7-8,14H,(H2,10,13,18)(H,11,12,17). The summed E-state index contributed by atoms with van der Waals surface area (Å²) < 4.78 is 0. The summed E-state index contributed by atoms with van der Waals surface area (Å²) in [6.07, 6.45) is 2.34. The Morgan fingerprint density at radius 1 is 1.44 bits per heavy atom. The normalized spacial score (nSPS) is 13.6. The minimum absolute atomic E-state index is 0.105. The third kappa shape index (κ3) is 2.49. The number of aromatic nitrogens is 3. The molecule has 0 saturated heterocycles. The molecule has 18 heavy (non-hydrogen) atoms. The number of amides is 2. The van der Waals surface area contributed by atoms with Crippen LogP contribution in [0.3, 0.4) is 0 Å². The van der Waals surface area contributed by atoms with E-state index < -0.39 is 11.6 Å². The number of carbonyl (C=O) groups is 1. The van der Waals surface area contributed by atoms with Crippen molar-refractivity contribution in [2.45, 2.75) is 0 Å². The van der Waals surface area contributed by atoms with Crippen LogP contribution in [0.4, 0.5) is 10.7 Å². The molecule has 1 aromatic rings. The number of hydrazine groups is 2. The molecule has 1 aromatic heterocycles. The third-order valence-corrected chi connectivity index (χ3v) is 1.74. The van der Waals surface area contributed by atoms with Crippen molar-refractivity contribution in [2.24, 2.45) is 5.22 Å². The van der Waals surface area contributed by atoms with Gasteiger partial charge < -0.3 is 5.43 Å². The number of nitrogens with zero attached hydrogens (tertiary/aromatic N) is 4. The average Bonchev–Trinajstić information content (AvgIpc) is 2.36. The molecule has 0 atom stereocenters. The molecule has 0 radical (unpaired) electrons. The van der Waals surface area contributed by atoms with Crippen molar-refractivity contribution < 1.29 is 4.79 Å². The summed E-state index contributed by atoms with van der Waals surface area (Å²) in [5, 5.41) is 13.2. The lowest BCUT2D eigenvalue weighted by Crippen LogP contribution is -2.52. The minimum Gasteiger partial charge on any atom is -0.301 e. The van der Waals surface area contributed by atoms with Crippen LogP contribution in [0.5, 0.6) is 0 Å². The van der Waals surface area contributed by atoms with E-state index in [1.165, 1.54) is 6.20 Å². The molecule has 0 unspecified atom stereocenters. The molecule has 0 aliphatic carbocycles. The van der Waals surface area contributed by atoms with Crippen molar-refractivity contribution in [3.63, 3.8) is 0 Å². The maximum atomic E-state index is 11.0. The van der Waals surface area contributed by atoms with Gasteiger partial charge in [-0.05, 0) is 0 Å². The van der Waals surface area contributed by atoms with Crippen LogP contribution in [-0.4, -0.2) is 21.2 Å². The molecular formula is C6H8N10O2. The Morgan fingerprint density at radius 2 is 2.28 bits per heavy atom. The lowest BCUT2D eigenvalue weighted by Gasteiger charge is -2.22. The van der Waals surface area contributed by atoms with Gasteiger partial charge in [0.15, 0.2) is 0 Å². The Balaban J connectivity index is 2.15. The Hall–Kier alpha value is -3.18. The molecule has 0 aromatic carbocycles. The van der Waals surface area contributed by atoms with E-state index >= 15 is 0 Å². The second-order valence-electron chi connectivity index (χ2n) is 2.96. The van der Waals surface area contributed by atoms with Crippen molar-refractivity contribution in [2.75, 3.05) is 5.12 Å². The van der Waals surface area contributed by atoms with Crippen molar-refractivity contribution in [3.8, 4) is 0 Å². The fourth-order valence-corrected chi connectivity index (χ4v) is 1.06. The predicted molar refractivity (Wildman–Crippen MR) is 56.3 cm³/mol. The molecule has 12 heteroatoms. The van der Waals surface area contributed by atoms with Crippen LogP contribution in [0.25, 0.3) is 0 Å². The molecule has 1 aliphatic rings. The van der Waals surface area contributed by atoms with Crippen molar-refractivity contribution in [3.05, 3.63) is 28.6 Å². The van der Waals surface area contributed by atoms with E-state index in [9.17, 15) is 9.59 Å². The molecule has 0 bridgehead atoms. The van der Waals surface area contributed by atoms with Gasteiger partial charge in [0.2, 0.25) is 0 Å². The van der Waals surface area contributed by atoms with Gasteiger partial charge in [-0.15, -0.1) is 15.3 Å². The Bertz CT molecular complexity index is 549. The molecule has 12 nitrogen and oxygen atoms in total. The van der Waals surface area contributed by atoms with Crippen molar-refractivity contribution >= 4 is 12.0 Å². The molecule has 6 N–H and O–H groups in total. The second kappa shape index (κ2) is 4.77. The van der Waals surface area contributed by atoms with Crippen molar-refractivity contribution in [1.82, 2.24) is 36.8 Å². The fraction of sp³-hybridized carbons (Fsp3) is 0. The van der Waals surface area contributed by atoms with Gasteiger partial charge in [0.05, 0.1) is 6.20 Å². The first-order chi connectivity index (χ1) is 8.69. The zero-order valence-corrected chi connectivity index (χ0v) is 8.76.